The second kappa shape index (κ2) is 4.30. The van der Waals surface area contributed by atoms with Gasteiger partial charge < -0.3 is 9.84 Å². The van der Waals surface area contributed by atoms with Gasteiger partial charge in [-0.15, -0.1) is 0 Å². The van der Waals surface area contributed by atoms with Crippen LogP contribution in [0.5, 0.6) is 11.5 Å². The van der Waals surface area contributed by atoms with E-state index in [9.17, 15) is 9.90 Å². The molecule has 0 saturated carbocycles. The second-order valence-electron chi connectivity index (χ2n) is 2.41. The van der Waals surface area contributed by atoms with Crippen LogP contribution < -0.4 is 4.74 Å². The van der Waals surface area contributed by atoms with E-state index in [4.69, 9.17) is 4.74 Å². The first kappa shape index (κ1) is 9.32. The minimum Gasteiger partial charge on any atom is -0.504 e. The minimum absolute atomic E-state index is 0.0357. The summed E-state index contributed by atoms with van der Waals surface area (Å²) in [6.45, 7) is 3.73. The molecule has 0 bridgehead atoms. The van der Waals surface area contributed by atoms with Gasteiger partial charge in [-0.1, -0.05) is 18.7 Å². The standard InChI is InChI=1S/C10H10O3/c1-2-6-13-10-8(7-11)4-3-5-9(10)12/h2-5,7,12H,1,6H2. The van der Waals surface area contributed by atoms with Crippen molar-refractivity contribution in [3.8, 4) is 11.5 Å². The van der Waals surface area contributed by atoms with Crippen molar-refractivity contribution in [2.75, 3.05) is 6.61 Å². The topological polar surface area (TPSA) is 46.5 Å². The number of carbonyl (C=O) groups excluding carboxylic acids is 1. The van der Waals surface area contributed by atoms with E-state index < -0.39 is 0 Å². The first-order valence-electron chi connectivity index (χ1n) is 3.80. The fourth-order valence-corrected chi connectivity index (χ4v) is 0.935. The number of rotatable bonds is 4. The third-order valence-electron chi connectivity index (χ3n) is 1.50. The summed E-state index contributed by atoms with van der Waals surface area (Å²) in [5.41, 5.74) is 0.335. The predicted molar refractivity (Wildman–Crippen MR) is 49.2 cm³/mol. The molecule has 0 heterocycles. The number of phenols is 1. The molecule has 0 atom stereocenters. The van der Waals surface area contributed by atoms with Gasteiger partial charge in [0.1, 0.15) is 6.61 Å². The van der Waals surface area contributed by atoms with Crippen molar-refractivity contribution in [1.29, 1.82) is 0 Å². The number of aromatic hydroxyl groups is 1. The third kappa shape index (κ3) is 2.08. The Bertz CT molecular complexity index is 318. The molecular formula is C10H10O3. The fourth-order valence-electron chi connectivity index (χ4n) is 0.935. The van der Waals surface area contributed by atoms with Gasteiger partial charge in [0, 0.05) is 0 Å². The van der Waals surface area contributed by atoms with E-state index >= 15 is 0 Å². The molecule has 0 aliphatic heterocycles. The van der Waals surface area contributed by atoms with Gasteiger partial charge in [-0.3, -0.25) is 4.79 Å². The van der Waals surface area contributed by atoms with Crippen molar-refractivity contribution in [3.63, 3.8) is 0 Å². The van der Waals surface area contributed by atoms with Gasteiger partial charge in [0.15, 0.2) is 17.8 Å². The van der Waals surface area contributed by atoms with Gasteiger partial charge in [0.05, 0.1) is 5.56 Å². The zero-order valence-corrected chi connectivity index (χ0v) is 7.06. The van der Waals surface area contributed by atoms with Crippen LogP contribution in [0.15, 0.2) is 30.9 Å². The van der Waals surface area contributed by atoms with Crippen molar-refractivity contribution in [2.45, 2.75) is 0 Å². The SMILES string of the molecule is C=CCOc1c(O)cccc1C=O. The summed E-state index contributed by atoms with van der Waals surface area (Å²) >= 11 is 0. The Balaban J connectivity index is 2.99. The maximum atomic E-state index is 10.5. The summed E-state index contributed by atoms with van der Waals surface area (Å²) in [6, 6.07) is 4.62. The molecule has 0 spiro atoms. The number of hydrogen-bond donors (Lipinski definition) is 1. The Morgan fingerprint density at radius 2 is 2.31 bits per heavy atom. The molecule has 0 saturated heterocycles. The number of hydrogen-bond acceptors (Lipinski definition) is 3. The Kier molecular flexibility index (Phi) is 3.09. The summed E-state index contributed by atoms with van der Waals surface area (Å²) in [4.78, 5) is 10.5. The molecule has 0 aliphatic carbocycles. The monoisotopic (exact) mass is 178 g/mol. The highest BCUT2D eigenvalue weighted by Gasteiger charge is 2.06. The largest absolute Gasteiger partial charge is 0.504 e. The van der Waals surface area contributed by atoms with Crippen LogP contribution in [0.1, 0.15) is 10.4 Å². The summed E-state index contributed by atoms with van der Waals surface area (Å²) in [5.74, 6) is 0.170. The van der Waals surface area contributed by atoms with E-state index in [0.717, 1.165) is 0 Å². The molecule has 0 unspecified atom stereocenters. The molecule has 0 radical (unpaired) electrons. The molecule has 1 aromatic carbocycles. The molecule has 1 aromatic rings. The van der Waals surface area contributed by atoms with Crippen LogP contribution in [-0.2, 0) is 0 Å². The molecule has 13 heavy (non-hydrogen) atoms. The molecule has 1 rings (SSSR count). The summed E-state index contributed by atoms with van der Waals surface area (Å²) in [6.07, 6.45) is 2.18. The molecule has 0 amide bonds. The maximum Gasteiger partial charge on any atom is 0.171 e. The molecular weight excluding hydrogens is 168 g/mol. The Morgan fingerprint density at radius 1 is 1.54 bits per heavy atom. The van der Waals surface area contributed by atoms with Crippen molar-refractivity contribution >= 4 is 6.29 Å². The second-order valence-corrected chi connectivity index (χ2v) is 2.41. The van der Waals surface area contributed by atoms with Gasteiger partial charge in [-0.05, 0) is 12.1 Å². The van der Waals surface area contributed by atoms with Gasteiger partial charge in [-0.25, -0.2) is 0 Å². The quantitative estimate of drug-likeness (QED) is 0.564. The zero-order chi connectivity index (χ0) is 9.68. The summed E-state index contributed by atoms with van der Waals surface area (Å²) < 4.78 is 5.11. The van der Waals surface area contributed by atoms with Gasteiger partial charge in [0.25, 0.3) is 0 Å². The normalized spacial score (nSPS) is 9.23. The molecule has 3 nitrogen and oxygen atoms in total. The fraction of sp³-hybridized carbons (Fsp3) is 0.100. The first-order chi connectivity index (χ1) is 6.29. The van der Waals surface area contributed by atoms with Crippen LogP contribution in [0, 0.1) is 0 Å². The Labute approximate surface area is 76.3 Å². The number of ether oxygens (including phenoxy) is 1. The van der Waals surface area contributed by atoms with Crippen LogP contribution >= 0.6 is 0 Å². The Morgan fingerprint density at radius 3 is 2.92 bits per heavy atom. The number of para-hydroxylation sites is 1. The summed E-state index contributed by atoms with van der Waals surface area (Å²) in [5, 5.41) is 9.33. The van der Waals surface area contributed by atoms with Crippen LogP contribution in [0.3, 0.4) is 0 Å². The van der Waals surface area contributed by atoms with E-state index in [-0.39, 0.29) is 18.1 Å². The van der Waals surface area contributed by atoms with Crippen molar-refractivity contribution in [2.24, 2.45) is 0 Å². The van der Waals surface area contributed by atoms with E-state index in [1.165, 1.54) is 6.07 Å². The van der Waals surface area contributed by atoms with Crippen LogP contribution in [0.4, 0.5) is 0 Å². The van der Waals surface area contributed by atoms with Gasteiger partial charge >= 0.3 is 0 Å². The van der Waals surface area contributed by atoms with Gasteiger partial charge in [-0.2, -0.15) is 0 Å². The lowest BCUT2D eigenvalue weighted by atomic mass is 10.2. The molecule has 0 aliphatic rings. The predicted octanol–water partition coefficient (Wildman–Crippen LogP) is 1.77. The number of aldehydes is 1. The lowest BCUT2D eigenvalue weighted by Crippen LogP contribution is -1.96. The van der Waals surface area contributed by atoms with E-state index in [0.29, 0.717) is 11.8 Å². The van der Waals surface area contributed by atoms with Crippen molar-refractivity contribution in [1.82, 2.24) is 0 Å². The molecule has 3 heteroatoms. The Hall–Kier alpha value is -1.77. The van der Waals surface area contributed by atoms with Crippen LogP contribution in [0.25, 0.3) is 0 Å². The smallest absolute Gasteiger partial charge is 0.171 e. The molecule has 68 valence electrons. The highest BCUT2D eigenvalue weighted by molar-refractivity contribution is 5.81. The number of carbonyl (C=O) groups is 1. The maximum absolute atomic E-state index is 10.5. The first-order valence-corrected chi connectivity index (χ1v) is 3.80. The number of benzene rings is 1. The van der Waals surface area contributed by atoms with E-state index in [1.807, 2.05) is 0 Å². The molecule has 0 fully saturated rings. The average molecular weight is 178 g/mol. The lowest BCUT2D eigenvalue weighted by molar-refractivity contribution is 0.111. The van der Waals surface area contributed by atoms with Crippen molar-refractivity contribution in [3.05, 3.63) is 36.4 Å². The highest BCUT2D eigenvalue weighted by Crippen LogP contribution is 2.28. The van der Waals surface area contributed by atoms with Gasteiger partial charge in [0.2, 0.25) is 0 Å². The third-order valence-corrected chi connectivity index (χ3v) is 1.50. The number of phenolic OH excluding ortho intramolecular Hbond substituents is 1. The van der Waals surface area contributed by atoms with E-state index in [2.05, 4.69) is 6.58 Å². The zero-order valence-electron chi connectivity index (χ0n) is 7.06. The van der Waals surface area contributed by atoms with Crippen LogP contribution in [0.2, 0.25) is 0 Å². The highest BCUT2D eigenvalue weighted by atomic mass is 16.5. The molecule has 0 aromatic heterocycles. The summed E-state index contributed by atoms with van der Waals surface area (Å²) in [7, 11) is 0. The average Bonchev–Trinajstić information content (AvgIpc) is 2.15. The van der Waals surface area contributed by atoms with Crippen LogP contribution in [-0.4, -0.2) is 18.0 Å². The minimum atomic E-state index is -0.0357. The lowest BCUT2D eigenvalue weighted by Gasteiger charge is -2.07. The van der Waals surface area contributed by atoms with Crippen molar-refractivity contribution < 1.29 is 14.6 Å². The molecule has 1 N–H and O–H groups in total. The van der Waals surface area contributed by atoms with E-state index in [1.54, 1.807) is 18.2 Å².